The van der Waals surface area contributed by atoms with Crippen LogP contribution in [0.25, 0.3) is 0 Å². The minimum absolute atomic E-state index is 0.0177. The molecule has 1 saturated heterocycles. The summed E-state index contributed by atoms with van der Waals surface area (Å²) in [7, 11) is 1.68. The van der Waals surface area contributed by atoms with Crippen LogP contribution in [0.2, 0.25) is 0 Å². The fourth-order valence-electron chi connectivity index (χ4n) is 6.29. The molecule has 2 fully saturated rings. The Morgan fingerprint density at radius 2 is 1.93 bits per heavy atom. The van der Waals surface area contributed by atoms with Crippen molar-refractivity contribution in [2.24, 2.45) is 35.5 Å². The second-order valence-corrected chi connectivity index (χ2v) is 9.83. The lowest BCUT2D eigenvalue weighted by Gasteiger charge is -2.47. The molecular weight excluding hydrogens is 362 g/mol. The Balaban J connectivity index is 2.18. The highest BCUT2D eigenvalue weighted by Crippen LogP contribution is 2.52. The average molecular weight is 400 g/mol. The molecule has 1 aliphatic heterocycles. The van der Waals surface area contributed by atoms with E-state index in [0.717, 1.165) is 12.8 Å². The molecule has 0 aromatic heterocycles. The third-order valence-electron chi connectivity index (χ3n) is 7.71. The first-order valence-corrected chi connectivity index (χ1v) is 11.2. The molecule has 6 atom stereocenters. The third-order valence-corrected chi connectivity index (χ3v) is 7.71. The van der Waals surface area contributed by atoms with E-state index in [1.807, 2.05) is 20.8 Å². The number of Topliss-reactive ketones (excluding diaryl/α,β-unsaturated/α-hetero) is 1. The van der Waals surface area contributed by atoms with Gasteiger partial charge in [0.1, 0.15) is 11.3 Å². The monoisotopic (exact) mass is 399 g/mol. The van der Waals surface area contributed by atoms with E-state index < -0.39 is 6.04 Å². The maximum absolute atomic E-state index is 13.2. The zero-order chi connectivity index (χ0) is 21.6. The Bertz CT molecular complexity index is 788. The zero-order valence-corrected chi connectivity index (χ0v) is 19.0. The Morgan fingerprint density at radius 1 is 1.28 bits per heavy atom. The summed E-state index contributed by atoms with van der Waals surface area (Å²) in [6.45, 7) is 12.4. The maximum Gasteiger partial charge on any atom is 0.261 e. The summed E-state index contributed by atoms with van der Waals surface area (Å²) in [4.78, 5) is 27.8. The lowest BCUT2D eigenvalue weighted by atomic mass is 9.57. The van der Waals surface area contributed by atoms with Gasteiger partial charge in [-0.1, -0.05) is 56.9 Å². The fraction of sp³-hybridized carbons (Fsp3) is 0.680. The van der Waals surface area contributed by atoms with Crippen molar-refractivity contribution >= 4 is 11.7 Å². The van der Waals surface area contributed by atoms with Gasteiger partial charge >= 0.3 is 0 Å². The second-order valence-electron chi connectivity index (χ2n) is 9.83. The number of carbonyl (C=O) groups excluding carboxylic acids is 2. The van der Waals surface area contributed by atoms with Crippen molar-refractivity contribution in [1.29, 1.82) is 0 Å². The lowest BCUT2D eigenvalue weighted by molar-refractivity contribution is -0.126. The van der Waals surface area contributed by atoms with Gasteiger partial charge in [0.15, 0.2) is 5.78 Å². The molecule has 1 amide bonds. The van der Waals surface area contributed by atoms with E-state index in [1.165, 1.54) is 22.5 Å². The van der Waals surface area contributed by atoms with Gasteiger partial charge in [-0.25, -0.2) is 0 Å². The number of rotatable bonds is 3. The van der Waals surface area contributed by atoms with Crippen LogP contribution < -0.4 is 0 Å². The fourth-order valence-corrected chi connectivity index (χ4v) is 6.29. The average Bonchev–Trinajstić information content (AvgIpc) is 2.88. The van der Waals surface area contributed by atoms with Gasteiger partial charge in [-0.2, -0.15) is 0 Å². The van der Waals surface area contributed by atoms with Crippen molar-refractivity contribution in [3.05, 3.63) is 34.6 Å². The predicted molar refractivity (Wildman–Crippen MR) is 116 cm³/mol. The third kappa shape index (κ3) is 3.49. The maximum atomic E-state index is 13.2. The minimum Gasteiger partial charge on any atom is -0.511 e. The number of carbonyl (C=O) groups is 2. The van der Waals surface area contributed by atoms with Crippen LogP contribution in [0.15, 0.2) is 34.6 Å². The van der Waals surface area contributed by atoms with Gasteiger partial charge in [0.25, 0.3) is 5.91 Å². The quantitative estimate of drug-likeness (QED) is 0.312. The lowest BCUT2D eigenvalue weighted by Crippen LogP contribution is -2.42. The van der Waals surface area contributed by atoms with Crippen LogP contribution in [-0.2, 0) is 9.59 Å². The van der Waals surface area contributed by atoms with Crippen LogP contribution in [0.5, 0.6) is 0 Å². The van der Waals surface area contributed by atoms with E-state index in [1.54, 1.807) is 7.05 Å². The van der Waals surface area contributed by atoms with E-state index in [4.69, 9.17) is 0 Å². The van der Waals surface area contributed by atoms with Crippen molar-refractivity contribution in [3.8, 4) is 0 Å². The van der Waals surface area contributed by atoms with Crippen molar-refractivity contribution in [3.63, 3.8) is 0 Å². The molecule has 1 N–H and O–H groups in total. The predicted octanol–water partition coefficient (Wildman–Crippen LogP) is 5.08. The smallest absolute Gasteiger partial charge is 0.261 e. The van der Waals surface area contributed by atoms with Crippen molar-refractivity contribution in [2.45, 2.75) is 66.8 Å². The van der Waals surface area contributed by atoms with Crippen molar-refractivity contribution in [1.82, 2.24) is 4.90 Å². The van der Waals surface area contributed by atoms with Crippen LogP contribution in [-0.4, -0.2) is 34.8 Å². The second kappa shape index (κ2) is 8.12. The molecule has 4 nitrogen and oxygen atoms in total. The number of amides is 1. The summed E-state index contributed by atoms with van der Waals surface area (Å²) in [5, 5.41) is 11.6. The first kappa shape index (κ1) is 21.9. The molecule has 0 radical (unpaired) electrons. The van der Waals surface area contributed by atoms with Crippen LogP contribution in [0.1, 0.15) is 60.8 Å². The van der Waals surface area contributed by atoms with Crippen LogP contribution in [0, 0.1) is 35.5 Å². The molecule has 29 heavy (non-hydrogen) atoms. The summed E-state index contributed by atoms with van der Waals surface area (Å²) in [5.41, 5.74) is 2.48. The molecule has 0 aromatic rings. The summed E-state index contributed by atoms with van der Waals surface area (Å²) in [5.74, 6) is 0.452. The number of likely N-dealkylation sites (tertiary alicyclic amines) is 1. The normalized spacial score (nSPS) is 37.7. The summed E-state index contributed by atoms with van der Waals surface area (Å²) < 4.78 is 0. The number of hydrogen-bond acceptors (Lipinski definition) is 3. The molecule has 1 heterocycles. The molecule has 3 aliphatic rings. The minimum atomic E-state index is -0.485. The van der Waals surface area contributed by atoms with Gasteiger partial charge in [-0.05, 0) is 50.9 Å². The molecule has 160 valence electrons. The van der Waals surface area contributed by atoms with Gasteiger partial charge in [-0.3, -0.25) is 9.59 Å². The van der Waals surface area contributed by atoms with Gasteiger partial charge < -0.3 is 10.0 Å². The molecule has 0 spiro atoms. The summed E-state index contributed by atoms with van der Waals surface area (Å²) in [6.07, 6.45) is 7.93. The van der Waals surface area contributed by atoms with E-state index in [9.17, 15) is 14.7 Å². The zero-order valence-electron chi connectivity index (χ0n) is 19.0. The van der Waals surface area contributed by atoms with Gasteiger partial charge in [-0.15, -0.1) is 0 Å². The Morgan fingerprint density at radius 3 is 2.48 bits per heavy atom. The Labute approximate surface area is 175 Å². The molecular formula is C25H37NO3. The number of fused-ring (bicyclic) bond motifs is 1. The molecule has 2 aliphatic carbocycles. The standard InChI is InChI=1S/C25H37NO3/c1-8-14(4)18-16(6)12-17-11-9-10-15(5)19(17)20(18)23(27)21-24(28)22(13(2)3)26(7)25(21)29/h8,12-13,15,17-20,22,27H,9-11H2,1-7H3/b14-8+,23-21?/t15-,17+,18+,19+,20-,22+/m0/s1. The number of aliphatic hydroxyl groups excluding tert-OH is 1. The Kier molecular flexibility index (Phi) is 6.12. The number of nitrogens with zero attached hydrogens (tertiary/aromatic N) is 1. The number of aliphatic hydroxyl groups is 1. The van der Waals surface area contributed by atoms with E-state index in [0.29, 0.717) is 11.8 Å². The molecule has 0 unspecified atom stereocenters. The van der Waals surface area contributed by atoms with Crippen LogP contribution >= 0.6 is 0 Å². The highest BCUT2D eigenvalue weighted by molar-refractivity contribution is 6.26. The van der Waals surface area contributed by atoms with Gasteiger partial charge in [0.05, 0.1) is 6.04 Å². The number of likely N-dealkylation sites (N-methyl/N-ethyl adjacent to an activating group) is 1. The SMILES string of the molecule is C/C=C(\C)[C@@H]1C(C)=C[C@H]2CCC[C@H](C)[C@H]2[C@H]1C(O)=C1C(=O)[C@@H](C(C)C)N(C)C1=O. The van der Waals surface area contributed by atoms with E-state index >= 15 is 0 Å². The van der Waals surface area contributed by atoms with Crippen molar-refractivity contribution < 1.29 is 14.7 Å². The molecule has 3 rings (SSSR count). The molecule has 0 bridgehead atoms. The number of allylic oxidation sites excluding steroid dienone is 5. The molecule has 1 saturated carbocycles. The van der Waals surface area contributed by atoms with Crippen LogP contribution in [0.4, 0.5) is 0 Å². The number of hydrogen-bond donors (Lipinski definition) is 1. The molecule has 4 heteroatoms. The van der Waals surface area contributed by atoms with Gasteiger partial charge in [0.2, 0.25) is 0 Å². The highest BCUT2D eigenvalue weighted by Gasteiger charge is 2.50. The largest absolute Gasteiger partial charge is 0.511 e. The number of ketones is 1. The molecule has 0 aromatic carbocycles. The summed E-state index contributed by atoms with van der Waals surface area (Å²) in [6, 6.07) is -0.485. The van der Waals surface area contributed by atoms with Gasteiger partial charge in [0, 0.05) is 18.9 Å². The highest BCUT2D eigenvalue weighted by atomic mass is 16.3. The topological polar surface area (TPSA) is 57.6 Å². The summed E-state index contributed by atoms with van der Waals surface area (Å²) >= 11 is 0. The first-order valence-electron chi connectivity index (χ1n) is 11.2. The van der Waals surface area contributed by atoms with Crippen molar-refractivity contribution in [2.75, 3.05) is 7.05 Å². The Hall–Kier alpha value is -1.84. The van der Waals surface area contributed by atoms with E-state index in [-0.39, 0.29) is 46.7 Å². The van der Waals surface area contributed by atoms with E-state index in [2.05, 4.69) is 32.9 Å². The first-order chi connectivity index (χ1) is 13.6. The van der Waals surface area contributed by atoms with Crippen LogP contribution in [0.3, 0.4) is 0 Å².